The third kappa shape index (κ3) is 8.43. The van der Waals surface area contributed by atoms with Crippen molar-refractivity contribution in [1.29, 1.82) is 0 Å². The molecular formula is C38H43N3O4S. The second-order valence-corrected chi connectivity index (χ2v) is 14.1. The van der Waals surface area contributed by atoms with Gasteiger partial charge in [-0.15, -0.1) is 0 Å². The van der Waals surface area contributed by atoms with Crippen LogP contribution in [0.25, 0.3) is 0 Å². The molecule has 1 atom stereocenters. The minimum absolute atomic E-state index is 0.0545. The van der Waals surface area contributed by atoms with Crippen LogP contribution < -0.4 is 9.62 Å². The Kier molecular flexibility index (Phi) is 10.9. The molecule has 0 radical (unpaired) electrons. The van der Waals surface area contributed by atoms with Crippen molar-refractivity contribution in [3.63, 3.8) is 0 Å². The number of carbonyl (C=O) groups is 2. The second-order valence-electron chi connectivity index (χ2n) is 12.2. The Labute approximate surface area is 273 Å². The van der Waals surface area contributed by atoms with Crippen molar-refractivity contribution in [3.05, 3.63) is 131 Å². The number of nitrogens with zero attached hydrogens (tertiary/aromatic N) is 2. The predicted octanol–water partition coefficient (Wildman–Crippen LogP) is 6.59. The Hall–Kier alpha value is -4.43. The number of carbonyl (C=O) groups excluding carboxylic acids is 2. The summed E-state index contributed by atoms with van der Waals surface area (Å²) in [7, 11) is -4.13. The molecule has 4 aromatic carbocycles. The lowest BCUT2D eigenvalue weighted by atomic mass is 9.94. The van der Waals surface area contributed by atoms with Gasteiger partial charge in [0.25, 0.3) is 10.0 Å². The third-order valence-electron chi connectivity index (χ3n) is 8.60. The van der Waals surface area contributed by atoms with Gasteiger partial charge in [-0.05, 0) is 67.6 Å². The van der Waals surface area contributed by atoms with E-state index in [1.54, 1.807) is 47.4 Å². The third-order valence-corrected chi connectivity index (χ3v) is 10.4. The van der Waals surface area contributed by atoms with E-state index < -0.39 is 28.5 Å². The summed E-state index contributed by atoms with van der Waals surface area (Å²) in [5, 5.41) is 3.25. The SMILES string of the molecule is Cc1ccc(S(=O)(=O)N(CC(=O)N(Cc2ccccc2)[C@H](Cc2ccccc2)C(=O)NC2CCCCC2)c2cccc(C)c2)cc1. The molecule has 1 N–H and O–H groups in total. The van der Waals surface area contributed by atoms with Gasteiger partial charge in [-0.3, -0.25) is 13.9 Å². The van der Waals surface area contributed by atoms with Gasteiger partial charge >= 0.3 is 0 Å². The highest BCUT2D eigenvalue weighted by molar-refractivity contribution is 7.92. The monoisotopic (exact) mass is 637 g/mol. The first-order valence-electron chi connectivity index (χ1n) is 16.0. The van der Waals surface area contributed by atoms with Crippen molar-refractivity contribution >= 4 is 27.5 Å². The first-order valence-corrected chi connectivity index (χ1v) is 17.5. The largest absolute Gasteiger partial charge is 0.352 e. The van der Waals surface area contributed by atoms with Crippen LogP contribution in [0.4, 0.5) is 5.69 Å². The molecule has 1 saturated carbocycles. The lowest BCUT2D eigenvalue weighted by Crippen LogP contribution is -2.55. The molecular weight excluding hydrogens is 595 g/mol. The van der Waals surface area contributed by atoms with Crippen molar-refractivity contribution < 1.29 is 18.0 Å². The topological polar surface area (TPSA) is 86.8 Å². The maximum Gasteiger partial charge on any atom is 0.264 e. The van der Waals surface area contributed by atoms with E-state index in [0.29, 0.717) is 12.1 Å². The minimum atomic E-state index is -4.13. The molecule has 0 unspecified atom stereocenters. The molecule has 0 bridgehead atoms. The summed E-state index contributed by atoms with van der Waals surface area (Å²) in [5.41, 5.74) is 3.95. The van der Waals surface area contributed by atoms with Crippen LogP contribution in [0.1, 0.15) is 54.4 Å². The summed E-state index contributed by atoms with van der Waals surface area (Å²) in [6.45, 7) is 3.47. The quantitative estimate of drug-likeness (QED) is 0.190. The number of benzene rings is 4. The molecule has 5 rings (SSSR count). The Balaban J connectivity index is 1.55. The van der Waals surface area contributed by atoms with Gasteiger partial charge in [0.1, 0.15) is 12.6 Å². The number of nitrogens with one attached hydrogen (secondary N) is 1. The fourth-order valence-electron chi connectivity index (χ4n) is 6.03. The molecule has 8 heteroatoms. The average Bonchev–Trinajstić information content (AvgIpc) is 3.06. The molecule has 240 valence electrons. The molecule has 0 heterocycles. The van der Waals surface area contributed by atoms with Gasteiger partial charge in [0.15, 0.2) is 0 Å². The molecule has 1 fully saturated rings. The van der Waals surface area contributed by atoms with E-state index in [-0.39, 0.29) is 23.4 Å². The molecule has 2 amide bonds. The van der Waals surface area contributed by atoms with E-state index in [4.69, 9.17) is 0 Å². The average molecular weight is 638 g/mol. The molecule has 4 aromatic rings. The highest BCUT2D eigenvalue weighted by Gasteiger charge is 2.35. The molecule has 0 saturated heterocycles. The molecule has 0 aromatic heterocycles. The van der Waals surface area contributed by atoms with Crippen LogP contribution in [0.3, 0.4) is 0 Å². The molecule has 1 aliphatic carbocycles. The lowest BCUT2D eigenvalue weighted by Gasteiger charge is -2.35. The highest BCUT2D eigenvalue weighted by Crippen LogP contribution is 2.26. The summed E-state index contributed by atoms with van der Waals surface area (Å²) in [5.74, 6) is -0.677. The Morgan fingerprint density at radius 1 is 0.761 bits per heavy atom. The molecule has 46 heavy (non-hydrogen) atoms. The normalized spacial score (nSPS) is 14.3. The zero-order chi connectivity index (χ0) is 32.5. The number of anilines is 1. The second kappa shape index (κ2) is 15.2. The van der Waals surface area contributed by atoms with Gasteiger partial charge in [-0.2, -0.15) is 0 Å². The number of aryl methyl sites for hydroxylation is 2. The summed E-state index contributed by atoms with van der Waals surface area (Å²) in [4.78, 5) is 30.4. The standard InChI is InChI=1S/C38H43N3O4S/c1-29-21-23-35(24-22-29)46(44,45)41(34-20-12-13-30(2)25-34)28-37(42)40(27-32-16-8-4-9-17-32)36(26-31-14-6-3-7-15-31)38(43)39-33-18-10-5-11-19-33/h3-4,6-9,12-17,20-25,33,36H,5,10-11,18-19,26-28H2,1-2H3,(H,39,43)/t36-/m1/s1. The maximum atomic E-state index is 14.6. The van der Waals surface area contributed by atoms with Crippen LogP contribution in [0.5, 0.6) is 0 Å². The fourth-order valence-corrected chi connectivity index (χ4v) is 7.43. The Morgan fingerprint density at radius 2 is 1.39 bits per heavy atom. The summed E-state index contributed by atoms with van der Waals surface area (Å²) in [6.07, 6.45) is 5.39. The lowest BCUT2D eigenvalue weighted by molar-refractivity contribution is -0.140. The van der Waals surface area contributed by atoms with Gasteiger partial charge in [-0.1, -0.05) is 110 Å². The summed E-state index contributed by atoms with van der Waals surface area (Å²) >= 11 is 0. The number of amides is 2. The first kappa shape index (κ1) is 32.9. The highest BCUT2D eigenvalue weighted by atomic mass is 32.2. The van der Waals surface area contributed by atoms with E-state index >= 15 is 0 Å². The van der Waals surface area contributed by atoms with Gasteiger partial charge in [0.2, 0.25) is 11.8 Å². The summed E-state index contributed by atoms with van der Waals surface area (Å²) < 4.78 is 29.6. The first-order chi connectivity index (χ1) is 22.2. The smallest absolute Gasteiger partial charge is 0.264 e. The molecule has 0 spiro atoms. The predicted molar refractivity (Wildman–Crippen MR) is 183 cm³/mol. The van der Waals surface area contributed by atoms with E-state index in [0.717, 1.165) is 54.4 Å². The van der Waals surface area contributed by atoms with Gasteiger partial charge in [-0.25, -0.2) is 8.42 Å². The molecule has 0 aliphatic heterocycles. The zero-order valence-electron chi connectivity index (χ0n) is 26.6. The van der Waals surface area contributed by atoms with Crippen molar-refractivity contribution in [2.24, 2.45) is 0 Å². The molecule has 7 nitrogen and oxygen atoms in total. The van der Waals surface area contributed by atoms with E-state index in [1.807, 2.05) is 80.6 Å². The van der Waals surface area contributed by atoms with Crippen LogP contribution in [0.15, 0.2) is 114 Å². The maximum absolute atomic E-state index is 14.6. The number of hydrogen-bond acceptors (Lipinski definition) is 4. The zero-order valence-corrected chi connectivity index (χ0v) is 27.5. The Morgan fingerprint density at radius 3 is 2.02 bits per heavy atom. The van der Waals surface area contributed by atoms with E-state index in [9.17, 15) is 18.0 Å². The van der Waals surface area contributed by atoms with Crippen LogP contribution in [0, 0.1) is 13.8 Å². The molecule has 1 aliphatic rings. The van der Waals surface area contributed by atoms with Gasteiger partial charge < -0.3 is 10.2 Å². The van der Waals surface area contributed by atoms with Gasteiger partial charge in [0, 0.05) is 19.0 Å². The van der Waals surface area contributed by atoms with E-state index in [2.05, 4.69) is 5.32 Å². The van der Waals surface area contributed by atoms with E-state index in [1.165, 1.54) is 4.31 Å². The van der Waals surface area contributed by atoms with Crippen LogP contribution in [0.2, 0.25) is 0 Å². The van der Waals surface area contributed by atoms with Crippen LogP contribution in [-0.2, 0) is 32.6 Å². The van der Waals surface area contributed by atoms with Crippen molar-refractivity contribution in [2.75, 3.05) is 10.8 Å². The number of hydrogen-bond donors (Lipinski definition) is 1. The minimum Gasteiger partial charge on any atom is -0.352 e. The van der Waals surface area contributed by atoms with Crippen molar-refractivity contribution in [1.82, 2.24) is 10.2 Å². The van der Waals surface area contributed by atoms with Crippen molar-refractivity contribution in [3.8, 4) is 0 Å². The van der Waals surface area contributed by atoms with Crippen molar-refractivity contribution in [2.45, 2.75) is 75.9 Å². The van der Waals surface area contributed by atoms with Crippen LogP contribution >= 0.6 is 0 Å². The Bertz CT molecular complexity index is 1700. The number of rotatable bonds is 12. The summed E-state index contributed by atoms with van der Waals surface area (Å²) in [6, 6.07) is 32.1. The van der Waals surface area contributed by atoms with Crippen LogP contribution in [-0.4, -0.2) is 43.8 Å². The fraction of sp³-hybridized carbons (Fsp3) is 0.316. The number of sulfonamides is 1. The van der Waals surface area contributed by atoms with Gasteiger partial charge in [0.05, 0.1) is 10.6 Å².